The lowest BCUT2D eigenvalue weighted by Crippen LogP contribution is -2.42. The number of carboxylic acids is 1. The number of aromatic nitrogens is 2. The van der Waals surface area contributed by atoms with Crippen molar-refractivity contribution in [2.45, 2.75) is 32.8 Å². The minimum Gasteiger partial charge on any atom is -0.481 e. The molecule has 7 nitrogen and oxygen atoms in total. The number of hydrogen-bond acceptors (Lipinski definition) is 4. The molecule has 1 heterocycles. The zero-order chi connectivity index (χ0) is 14.8. The molecule has 1 aromatic heterocycles. The van der Waals surface area contributed by atoms with Gasteiger partial charge in [0.1, 0.15) is 0 Å². The molecule has 1 rings (SSSR count). The second-order valence-electron chi connectivity index (χ2n) is 4.92. The zero-order valence-electron chi connectivity index (χ0n) is 11.5. The van der Waals surface area contributed by atoms with Crippen molar-refractivity contribution in [3.8, 4) is 0 Å². The van der Waals surface area contributed by atoms with E-state index in [0.717, 1.165) is 0 Å². The summed E-state index contributed by atoms with van der Waals surface area (Å²) in [5.74, 6) is -1.48. The lowest BCUT2D eigenvalue weighted by atomic mass is 10.0. The summed E-state index contributed by atoms with van der Waals surface area (Å²) in [6.07, 6.45) is -0.432. The van der Waals surface area contributed by atoms with Gasteiger partial charge in [0.15, 0.2) is 0 Å². The molecule has 106 valence electrons. The van der Waals surface area contributed by atoms with E-state index in [0.29, 0.717) is 17.0 Å². The van der Waals surface area contributed by atoms with Gasteiger partial charge in [-0.1, -0.05) is 0 Å². The monoisotopic (exact) mass is 269 g/mol. The van der Waals surface area contributed by atoms with Gasteiger partial charge in [0.2, 0.25) is 0 Å². The van der Waals surface area contributed by atoms with Gasteiger partial charge in [-0.25, -0.2) is 0 Å². The van der Waals surface area contributed by atoms with E-state index >= 15 is 0 Å². The van der Waals surface area contributed by atoms with Crippen LogP contribution in [0.2, 0.25) is 0 Å². The number of hydrogen-bond donors (Lipinski definition) is 3. The number of aryl methyl sites for hydroxylation is 2. The molecule has 0 spiro atoms. The minimum atomic E-state index is -1.48. The molecular weight excluding hydrogens is 250 g/mol. The molecule has 0 fully saturated rings. The van der Waals surface area contributed by atoms with Crippen LogP contribution in [-0.4, -0.2) is 44.0 Å². The van der Waals surface area contributed by atoms with Crippen LogP contribution < -0.4 is 5.32 Å². The van der Waals surface area contributed by atoms with Crippen molar-refractivity contribution in [3.05, 3.63) is 17.0 Å². The summed E-state index contributed by atoms with van der Waals surface area (Å²) < 4.78 is 1.60. The molecule has 0 radical (unpaired) electrons. The number of carbonyl (C=O) groups is 2. The van der Waals surface area contributed by atoms with Crippen molar-refractivity contribution in [2.24, 2.45) is 7.05 Å². The standard InChI is InChI=1S/C12H19N3O4/c1-7-10(8(2)15(4)14-7)11(18)13-6-12(3,19)5-9(16)17/h19H,5-6H2,1-4H3,(H,13,18)(H,16,17). The van der Waals surface area contributed by atoms with E-state index < -0.39 is 18.0 Å². The molecule has 0 aromatic carbocycles. The van der Waals surface area contributed by atoms with Crippen LogP contribution in [0.5, 0.6) is 0 Å². The largest absolute Gasteiger partial charge is 0.481 e. The Balaban J connectivity index is 2.73. The van der Waals surface area contributed by atoms with Gasteiger partial charge in [0, 0.05) is 19.3 Å². The molecule has 1 atom stereocenters. The number of nitrogens with one attached hydrogen (secondary N) is 1. The van der Waals surface area contributed by atoms with Crippen LogP contribution in [0.4, 0.5) is 0 Å². The first-order valence-electron chi connectivity index (χ1n) is 5.86. The van der Waals surface area contributed by atoms with Gasteiger partial charge in [0.25, 0.3) is 5.91 Å². The third-order valence-electron chi connectivity index (χ3n) is 2.90. The molecule has 1 amide bonds. The normalized spacial score (nSPS) is 13.9. The molecule has 1 unspecified atom stereocenters. The Labute approximate surface area is 111 Å². The molecule has 1 aromatic rings. The highest BCUT2D eigenvalue weighted by Gasteiger charge is 2.26. The number of nitrogens with zero attached hydrogens (tertiary/aromatic N) is 2. The van der Waals surface area contributed by atoms with Crippen molar-refractivity contribution < 1.29 is 19.8 Å². The zero-order valence-corrected chi connectivity index (χ0v) is 11.5. The Morgan fingerprint density at radius 3 is 2.42 bits per heavy atom. The molecule has 0 aliphatic heterocycles. The van der Waals surface area contributed by atoms with Gasteiger partial charge in [-0.2, -0.15) is 5.10 Å². The van der Waals surface area contributed by atoms with E-state index in [1.807, 2.05) is 0 Å². The molecule has 19 heavy (non-hydrogen) atoms. The summed E-state index contributed by atoms with van der Waals surface area (Å²) in [5.41, 5.74) is 0.280. The average Bonchev–Trinajstić information content (AvgIpc) is 2.48. The third kappa shape index (κ3) is 3.78. The number of carboxylic acid groups (broad SMARTS) is 1. The summed E-state index contributed by atoms with van der Waals surface area (Å²) in [6.45, 7) is 4.72. The van der Waals surface area contributed by atoms with Gasteiger partial charge in [-0.05, 0) is 20.8 Å². The summed E-state index contributed by atoms with van der Waals surface area (Å²) in [4.78, 5) is 22.6. The van der Waals surface area contributed by atoms with Crippen LogP contribution in [0.1, 0.15) is 35.1 Å². The van der Waals surface area contributed by atoms with Gasteiger partial charge in [0.05, 0.1) is 23.3 Å². The molecular formula is C12H19N3O4. The van der Waals surface area contributed by atoms with Crippen molar-refractivity contribution in [3.63, 3.8) is 0 Å². The van der Waals surface area contributed by atoms with Crippen LogP contribution >= 0.6 is 0 Å². The molecule has 0 saturated carbocycles. The van der Waals surface area contributed by atoms with E-state index in [1.165, 1.54) is 6.92 Å². The van der Waals surface area contributed by atoms with E-state index in [-0.39, 0.29) is 12.5 Å². The maximum atomic E-state index is 12.0. The fourth-order valence-corrected chi connectivity index (χ4v) is 1.85. The fraction of sp³-hybridized carbons (Fsp3) is 0.583. The van der Waals surface area contributed by atoms with Crippen LogP contribution in [0, 0.1) is 13.8 Å². The molecule has 0 bridgehead atoms. The Morgan fingerprint density at radius 1 is 1.42 bits per heavy atom. The van der Waals surface area contributed by atoms with Crippen LogP contribution in [0.15, 0.2) is 0 Å². The molecule has 0 aliphatic rings. The maximum absolute atomic E-state index is 12.0. The lowest BCUT2D eigenvalue weighted by Gasteiger charge is -2.21. The average molecular weight is 269 g/mol. The third-order valence-corrected chi connectivity index (χ3v) is 2.90. The van der Waals surface area contributed by atoms with Crippen molar-refractivity contribution in [1.29, 1.82) is 0 Å². The quantitative estimate of drug-likeness (QED) is 0.697. The van der Waals surface area contributed by atoms with E-state index in [9.17, 15) is 14.7 Å². The van der Waals surface area contributed by atoms with Crippen molar-refractivity contribution in [1.82, 2.24) is 15.1 Å². The Kier molecular flexibility index (Phi) is 4.31. The summed E-state index contributed by atoms with van der Waals surface area (Å²) in [5, 5.41) is 25.1. The highest BCUT2D eigenvalue weighted by molar-refractivity contribution is 5.96. The Morgan fingerprint density at radius 2 is 2.00 bits per heavy atom. The number of aliphatic hydroxyl groups is 1. The summed E-state index contributed by atoms with van der Waals surface area (Å²) in [6, 6.07) is 0. The predicted octanol–water partition coefficient (Wildman–Crippen LogP) is -0.00756. The Bertz CT molecular complexity index is 505. The van der Waals surface area contributed by atoms with Crippen LogP contribution in [0.3, 0.4) is 0 Å². The van der Waals surface area contributed by atoms with Gasteiger partial charge < -0.3 is 15.5 Å². The minimum absolute atomic E-state index is 0.133. The second kappa shape index (κ2) is 5.40. The molecule has 0 aliphatic carbocycles. The van der Waals surface area contributed by atoms with Crippen molar-refractivity contribution >= 4 is 11.9 Å². The number of rotatable bonds is 5. The van der Waals surface area contributed by atoms with Gasteiger partial charge in [-0.3, -0.25) is 14.3 Å². The SMILES string of the molecule is Cc1nn(C)c(C)c1C(=O)NCC(C)(O)CC(=O)O. The first kappa shape index (κ1) is 15.2. The van der Waals surface area contributed by atoms with Crippen LogP contribution in [-0.2, 0) is 11.8 Å². The maximum Gasteiger partial charge on any atom is 0.306 e. The number of aliphatic carboxylic acids is 1. The first-order chi connectivity index (χ1) is 8.64. The van der Waals surface area contributed by atoms with Gasteiger partial charge in [-0.15, -0.1) is 0 Å². The highest BCUT2D eigenvalue weighted by atomic mass is 16.4. The molecule has 7 heteroatoms. The topological polar surface area (TPSA) is 104 Å². The van der Waals surface area contributed by atoms with E-state index in [2.05, 4.69) is 10.4 Å². The van der Waals surface area contributed by atoms with Gasteiger partial charge >= 0.3 is 5.97 Å². The highest BCUT2D eigenvalue weighted by Crippen LogP contribution is 2.13. The molecule has 0 saturated heterocycles. The second-order valence-corrected chi connectivity index (χ2v) is 4.92. The lowest BCUT2D eigenvalue weighted by molar-refractivity contribution is -0.141. The van der Waals surface area contributed by atoms with E-state index in [4.69, 9.17) is 5.11 Å². The number of carbonyl (C=O) groups excluding carboxylic acids is 1. The summed E-state index contributed by atoms with van der Waals surface area (Å²) >= 11 is 0. The van der Waals surface area contributed by atoms with E-state index in [1.54, 1.807) is 25.6 Å². The summed E-state index contributed by atoms with van der Waals surface area (Å²) in [7, 11) is 1.74. The fourth-order valence-electron chi connectivity index (χ4n) is 1.85. The molecule has 3 N–H and O–H groups in total. The van der Waals surface area contributed by atoms with Crippen molar-refractivity contribution in [2.75, 3.05) is 6.54 Å². The number of amides is 1. The van der Waals surface area contributed by atoms with Crippen LogP contribution in [0.25, 0.3) is 0 Å². The smallest absolute Gasteiger partial charge is 0.306 e. The first-order valence-corrected chi connectivity index (χ1v) is 5.86. The predicted molar refractivity (Wildman–Crippen MR) is 67.9 cm³/mol. The Hall–Kier alpha value is -1.89.